The van der Waals surface area contributed by atoms with Gasteiger partial charge in [-0.05, 0) is 244 Å². The van der Waals surface area contributed by atoms with Crippen LogP contribution in [0.4, 0.5) is 42.9 Å². The van der Waals surface area contributed by atoms with Gasteiger partial charge in [0.25, 0.3) is 9.05 Å². The van der Waals surface area contributed by atoms with Gasteiger partial charge in [-0.3, -0.25) is 9.59 Å². The van der Waals surface area contributed by atoms with Gasteiger partial charge in [0.1, 0.15) is 104 Å². The predicted molar refractivity (Wildman–Crippen MR) is 569 cm³/mol. The van der Waals surface area contributed by atoms with Gasteiger partial charge in [0.2, 0.25) is 32.6 Å². The molecule has 5 N–H and O–H groups in total. The molecule has 0 radical (unpaired) electrons. The molecule has 4 aliphatic rings. The number of carbonyl (C=O) groups excluding carboxylic acids is 2. The van der Waals surface area contributed by atoms with Crippen LogP contribution in [0, 0.1) is 49.4 Å². The second kappa shape index (κ2) is 53.0. The van der Waals surface area contributed by atoms with Crippen molar-refractivity contribution >= 4 is 118 Å². The summed E-state index contributed by atoms with van der Waals surface area (Å²) >= 11 is 0. The number of nitrogens with one attached hydrogen (secondary N) is 3. The maximum atomic E-state index is 14.7. The second-order valence-corrected chi connectivity index (χ2v) is 41.2. The van der Waals surface area contributed by atoms with Gasteiger partial charge >= 0.3 is 0 Å². The van der Waals surface area contributed by atoms with Crippen molar-refractivity contribution in [2.75, 3.05) is 123 Å². The first kappa shape index (κ1) is 114. The zero-order valence-electron chi connectivity index (χ0n) is 83.9. The molecule has 36 heteroatoms. The third kappa shape index (κ3) is 29.3. The van der Waals surface area contributed by atoms with Gasteiger partial charge in [0.15, 0.2) is 11.5 Å². The van der Waals surface area contributed by atoms with Gasteiger partial charge in [-0.25, -0.2) is 56.3 Å². The number of hydrogen-bond donors (Lipinski definition) is 4. The Balaban J connectivity index is 0.000000230. The molecule has 2 aliphatic heterocycles. The molecule has 0 bridgehead atoms. The zero-order chi connectivity index (χ0) is 104. The number of halogens is 3. The van der Waals surface area contributed by atoms with E-state index in [1.54, 1.807) is 38.5 Å². The number of nitrogens with two attached hydrogens (primary N) is 1. The van der Waals surface area contributed by atoms with Crippen molar-refractivity contribution in [2.45, 2.75) is 153 Å². The van der Waals surface area contributed by atoms with Crippen LogP contribution in [0.5, 0.6) is 34.5 Å². The van der Waals surface area contributed by atoms with E-state index < -0.39 is 65.6 Å². The predicted octanol–water partition coefficient (Wildman–Crippen LogP) is 21.0. The number of rotatable bonds is 44. The number of methoxy groups -OCH3 is 2. The molecule has 2 heterocycles. The monoisotopic (exact) mass is 2110 g/mol. The van der Waals surface area contributed by atoms with Crippen LogP contribution in [-0.2, 0) is 62.0 Å². The van der Waals surface area contributed by atoms with Crippen LogP contribution in [0.3, 0.4) is 0 Å². The maximum absolute atomic E-state index is 14.7. The molecule has 146 heavy (non-hydrogen) atoms. The number of nitrogens with zero attached hydrogens (tertiary/aromatic N) is 6. The fourth-order valence-electron chi connectivity index (χ4n) is 17.5. The van der Waals surface area contributed by atoms with Crippen LogP contribution in [0.15, 0.2) is 271 Å². The molecule has 2 aliphatic carbocycles. The first-order valence-electron chi connectivity index (χ1n) is 48.5. The van der Waals surface area contributed by atoms with Gasteiger partial charge in [-0.15, -0.1) is 0 Å². The normalized spacial score (nSPS) is 11.5. The molecular weight excluding hydrogens is 1990 g/mol. The Kier molecular flexibility index (Phi) is 41.5. The molecule has 14 rings (SSSR count). The number of anilines is 6. The minimum atomic E-state index is -5.20. The largest absolute Gasteiger partial charge is 0.744 e. The molecule has 0 atom stereocenters. The van der Waals surface area contributed by atoms with Crippen LogP contribution >= 0.6 is 10.7 Å². The molecule has 0 aromatic heterocycles. The van der Waals surface area contributed by atoms with E-state index in [0.717, 1.165) is 154 Å². The summed E-state index contributed by atoms with van der Waals surface area (Å²) in [7, 11) is -10.2. The third-order valence-corrected chi connectivity index (χ3v) is 29.6. The molecule has 0 spiro atoms. The van der Waals surface area contributed by atoms with Crippen molar-refractivity contribution < 1.29 is 127 Å². The van der Waals surface area contributed by atoms with Crippen molar-refractivity contribution in [3.05, 3.63) is 276 Å². The molecule has 0 saturated heterocycles. The van der Waals surface area contributed by atoms with Crippen molar-refractivity contribution in [1.29, 1.82) is 0 Å². The van der Waals surface area contributed by atoms with Crippen LogP contribution < -0.4 is 79.5 Å². The Morgan fingerprint density at radius 1 is 0.425 bits per heavy atom. The quantitative estimate of drug-likeness (QED) is 0.00906. The fourth-order valence-corrected chi connectivity index (χ4v) is 20.9. The van der Waals surface area contributed by atoms with Crippen molar-refractivity contribution in [2.24, 2.45) is 5.73 Å². The summed E-state index contributed by atoms with van der Waals surface area (Å²) in [6.07, 6.45) is 6.88. The van der Waals surface area contributed by atoms with Crippen LogP contribution in [0.2, 0.25) is 0 Å². The Hall–Kier alpha value is -12.0. The summed E-state index contributed by atoms with van der Waals surface area (Å²) in [5, 5.41) is 9.90. The van der Waals surface area contributed by atoms with Gasteiger partial charge in [0.05, 0.1) is 70.4 Å². The third-order valence-electron chi connectivity index (χ3n) is 25.0. The number of benzene rings is 12. The van der Waals surface area contributed by atoms with E-state index in [2.05, 4.69) is 62.0 Å². The number of hydrogen-bond acceptors (Lipinski definition) is 23. The Bertz CT molecular complexity index is 7480. The molecular formula is C110H125ArClF2N10O18S4. The van der Waals surface area contributed by atoms with Crippen LogP contribution in [-0.4, -0.2) is 147 Å². The first-order chi connectivity index (χ1) is 69.5. The summed E-state index contributed by atoms with van der Waals surface area (Å²) in [5.74, 6) is 2.54. The topological polar surface area (TPSA) is 361 Å². The number of amides is 2. The van der Waals surface area contributed by atoms with Crippen LogP contribution in [0.25, 0.3) is 66.8 Å². The summed E-state index contributed by atoms with van der Waals surface area (Å²) in [5.41, 5.74) is 14.4. The minimum absolute atomic E-state index is 0. The van der Waals surface area contributed by atoms with E-state index in [4.69, 9.17) is 44.2 Å². The van der Waals surface area contributed by atoms with E-state index in [1.807, 2.05) is 179 Å². The molecule has 10 aromatic rings. The number of sulfonamides is 1. The SMILES string of the molecule is CCN(CC)c1ccc2c(-c3ccc(S(=O)(=O)Cl)cc3S(=O)(=O)[O-])c3ccc(=[N+](CC)CC)cc-3oc2c1.CCN(CC)c1ccc2c(-c3ccc(S(=O)(=O)NCCCCCCNc4ccc(OC)cc4CN(C(C)=O)c4cc(F)ccc4Oc4ccccc4)cc3S(=O)(=O)[O-])c3ccc(=[N+](CC)CC)cc-3oc2c1.COc1ccc(NCCCCCCN)c(CN(C(C)=O)c2cc(F)ccc2Oc2ccccc2)c1.[Ar]. The average molecular weight is 2120 g/mol. The molecule has 776 valence electrons. The van der Waals surface area contributed by atoms with Crippen LogP contribution in [0.1, 0.15) is 132 Å². The number of carbonyl (C=O) groups is 2. The standard InChI is InChI=1S/C55H62FN5O9S2.C28H34FN3O3.C27H29ClN2O6S2.Ar/c1-7-59(8-2)41-21-25-46-52(34-41)70-53-35-42(60(9-3)10-4)22-26-47(53)55(46)48-27-24-45(36-54(48)72(65,66)67)71(63,64)58-31-17-12-11-16-30-57-49-28-23-44(68-6)32-39(49)37-61(38(5)62)50-33-40(56)20-29-51(50)69-43-18-14-13-15-19-43;1-21(33)32(27-19-23(29)12-15-28(27)35-24-10-6-5-7-11-24)20-22-18-25(34-2)13-14-26(22)31-17-9-4-3-8-16-30;1-5-29(6-2)18-9-12-21-24(15-18)36-25-16-19(30(7-3)8-4)10-13-22(25)27(21)23-14-11-20(37(28,31)32)17-26(23)38(33,34)35;/h13-15,18-29,32-36,57-58H,7-12,16-17,30-31,37H2,1-6H3;5-7,10-15,18-19,31H,3-4,8-9,16-17,20,30H2,1-2H3;9-17H,5-8H2,1-4H3;. The van der Waals surface area contributed by atoms with E-state index >= 15 is 0 Å². The van der Waals surface area contributed by atoms with Crippen molar-refractivity contribution in [3.63, 3.8) is 0 Å². The second-order valence-electron chi connectivity index (χ2n) is 34.2. The molecule has 0 unspecified atom stereocenters. The summed E-state index contributed by atoms with van der Waals surface area (Å²) < 4.78 is 200. The zero-order valence-corrected chi connectivity index (χ0v) is 88.6. The van der Waals surface area contributed by atoms with Gasteiger partial charge in [-0.1, -0.05) is 74.2 Å². The minimum Gasteiger partial charge on any atom is -0.744 e. The van der Waals surface area contributed by atoms with Gasteiger partial charge in [0, 0.05) is 211 Å². The smallest absolute Gasteiger partial charge is 0.261 e. The average Bonchev–Trinajstić information content (AvgIpc) is 0.740. The summed E-state index contributed by atoms with van der Waals surface area (Å²) in [6, 6.07) is 67.2. The van der Waals surface area contributed by atoms with Gasteiger partial charge in [-0.2, -0.15) is 0 Å². The van der Waals surface area contributed by atoms with E-state index in [9.17, 15) is 61.1 Å². The summed E-state index contributed by atoms with van der Waals surface area (Å²) in [6.45, 7) is 27.8. The number of ether oxygens (including phenoxy) is 4. The van der Waals surface area contributed by atoms with Crippen molar-refractivity contribution in [3.8, 4) is 79.4 Å². The number of unbranched alkanes of at least 4 members (excludes halogenated alkanes) is 6. The van der Waals surface area contributed by atoms with Crippen molar-refractivity contribution in [1.82, 2.24) is 13.9 Å². The maximum Gasteiger partial charge on any atom is 0.261 e. The molecule has 0 fully saturated rings. The first-order valence-corrected chi connectivity index (χ1v) is 55.1. The van der Waals surface area contributed by atoms with Gasteiger partial charge < -0.3 is 72.9 Å². The summed E-state index contributed by atoms with van der Waals surface area (Å²) in [4.78, 5) is 31.1. The van der Waals surface area contributed by atoms with E-state index in [-0.39, 0.29) is 90.9 Å². The number of fused-ring (bicyclic) bond motifs is 4. The number of para-hydroxylation sites is 2. The molecule has 0 saturated carbocycles. The molecule has 28 nitrogen and oxygen atoms in total. The Morgan fingerprint density at radius 3 is 1.18 bits per heavy atom. The molecule has 2 amide bonds. The Morgan fingerprint density at radius 2 is 0.808 bits per heavy atom. The fraction of sp³-hybridized carbons (Fsp3) is 0.309. The van der Waals surface area contributed by atoms with E-state index in [1.165, 1.54) is 78.2 Å². The van der Waals surface area contributed by atoms with E-state index in [0.29, 0.717) is 122 Å². The Labute approximate surface area is 888 Å². The molecule has 10 aromatic carbocycles.